The Hall–Kier alpha value is -2.84. The van der Waals surface area contributed by atoms with E-state index in [-0.39, 0.29) is 23.7 Å². The van der Waals surface area contributed by atoms with Crippen LogP contribution in [-0.4, -0.2) is 49.9 Å². The maximum absolute atomic E-state index is 12.1. The first-order chi connectivity index (χ1) is 16.0. The molecule has 1 aromatic rings. The number of esters is 2. The number of ether oxygens (including phenoxy) is 4. The first-order valence-electron chi connectivity index (χ1n) is 11.8. The molecule has 0 unspecified atom stereocenters. The molecule has 1 rings (SSSR count). The van der Waals surface area contributed by atoms with Crippen LogP contribution in [0.15, 0.2) is 12.3 Å². The number of carbonyl (C=O) groups is 3. The number of unbranched alkanes of at least 4 members (excludes halogenated alkanes) is 8. The molecule has 0 aliphatic heterocycles. The molecule has 0 aliphatic rings. The quantitative estimate of drug-likeness (QED) is 0.257. The number of methoxy groups -OCH3 is 1. The van der Waals surface area contributed by atoms with Crippen molar-refractivity contribution in [1.82, 2.24) is 10.3 Å². The van der Waals surface area contributed by atoms with E-state index in [1.54, 1.807) is 0 Å². The van der Waals surface area contributed by atoms with Crippen LogP contribution >= 0.6 is 0 Å². The summed E-state index contributed by atoms with van der Waals surface area (Å²) in [5, 5.41) is 2.31. The van der Waals surface area contributed by atoms with Crippen LogP contribution in [0.5, 0.6) is 11.6 Å². The number of hydrogen-bond acceptors (Lipinski definition) is 8. The number of amides is 1. The van der Waals surface area contributed by atoms with Gasteiger partial charge in [-0.15, -0.1) is 0 Å². The van der Waals surface area contributed by atoms with Crippen LogP contribution in [0.25, 0.3) is 0 Å². The van der Waals surface area contributed by atoms with E-state index < -0.39 is 18.0 Å². The lowest BCUT2D eigenvalue weighted by atomic mass is 10.1. The van der Waals surface area contributed by atoms with Gasteiger partial charge in [0.1, 0.15) is 6.54 Å². The number of rotatable bonds is 17. The topological polar surface area (TPSA) is 113 Å². The minimum atomic E-state index is -0.886. The molecule has 0 radical (unpaired) electrons. The molecule has 186 valence electrons. The van der Waals surface area contributed by atoms with Crippen molar-refractivity contribution in [1.29, 1.82) is 0 Å². The van der Waals surface area contributed by atoms with Gasteiger partial charge < -0.3 is 24.3 Å². The molecule has 0 saturated carbocycles. The lowest BCUT2D eigenvalue weighted by molar-refractivity contribution is -0.142. The summed E-state index contributed by atoms with van der Waals surface area (Å²) in [4.78, 5) is 39.8. The van der Waals surface area contributed by atoms with Crippen LogP contribution in [-0.2, 0) is 14.3 Å². The number of aromatic nitrogens is 1. The molecular weight excluding hydrogens is 428 g/mol. The van der Waals surface area contributed by atoms with E-state index in [0.717, 1.165) is 44.9 Å². The second-order valence-electron chi connectivity index (χ2n) is 7.66. The Bertz CT molecular complexity index is 725. The number of carbonyl (C=O) groups excluding carboxylic acids is 3. The minimum absolute atomic E-state index is 0.0937. The fourth-order valence-corrected chi connectivity index (χ4v) is 2.93. The molecule has 0 bridgehead atoms. The first-order valence-corrected chi connectivity index (χ1v) is 11.8. The molecule has 0 saturated heterocycles. The van der Waals surface area contributed by atoms with Gasteiger partial charge in [-0.1, -0.05) is 65.2 Å². The van der Waals surface area contributed by atoms with Gasteiger partial charge in [0.2, 0.25) is 0 Å². The van der Waals surface area contributed by atoms with E-state index in [0.29, 0.717) is 13.2 Å². The van der Waals surface area contributed by atoms with Gasteiger partial charge in [-0.05, 0) is 12.8 Å². The van der Waals surface area contributed by atoms with Crippen molar-refractivity contribution >= 4 is 18.0 Å². The van der Waals surface area contributed by atoms with Crippen molar-refractivity contribution in [3.05, 3.63) is 17.8 Å². The van der Waals surface area contributed by atoms with Crippen LogP contribution in [0.2, 0.25) is 0 Å². The van der Waals surface area contributed by atoms with Gasteiger partial charge in [-0.25, -0.2) is 14.6 Å². The van der Waals surface area contributed by atoms with Crippen molar-refractivity contribution in [3.8, 4) is 11.6 Å². The zero-order valence-corrected chi connectivity index (χ0v) is 20.2. The third-order valence-electron chi connectivity index (χ3n) is 4.83. The Morgan fingerprint density at radius 3 is 2.15 bits per heavy atom. The molecule has 33 heavy (non-hydrogen) atoms. The standard InChI is InChI=1S/C24H38N2O7/c1-4-6-8-10-11-13-14-31-21(27)18-26-24(29)33-22-20(30-3)16-19(17-25-22)23(28)32-15-12-9-7-5-2/h16-17H,4-15,18H2,1-3H3,(H,26,29). The predicted octanol–water partition coefficient (Wildman–Crippen LogP) is 4.82. The normalized spacial score (nSPS) is 10.4. The zero-order valence-electron chi connectivity index (χ0n) is 20.2. The van der Waals surface area contributed by atoms with Gasteiger partial charge in [0.25, 0.3) is 5.88 Å². The van der Waals surface area contributed by atoms with E-state index in [1.807, 2.05) is 0 Å². The Morgan fingerprint density at radius 2 is 1.48 bits per heavy atom. The van der Waals surface area contributed by atoms with Gasteiger partial charge in [0.05, 0.1) is 25.9 Å². The molecule has 9 nitrogen and oxygen atoms in total. The maximum atomic E-state index is 12.1. The highest BCUT2D eigenvalue weighted by Crippen LogP contribution is 2.25. The Balaban J connectivity index is 2.37. The molecule has 0 aromatic carbocycles. The number of pyridine rings is 1. The number of hydrogen-bond donors (Lipinski definition) is 1. The summed E-state index contributed by atoms with van der Waals surface area (Å²) >= 11 is 0. The second kappa shape index (κ2) is 17.7. The summed E-state index contributed by atoms with van der Waals surface area (Å²) in [6, 6.07) is 1.39. The van der Waals surface area contributed by atoms with Crippen LogP contribution in [0.4, 0.5) is 4.79 Å². The van der Waals surface area contributed by atoms with Crippen molar-refractivity contribution in [2.24, 2.45) is 0 Å². The summed E-state index contributed by atoms with van der Waals surface area (Å²) in [6.07, 6.45) is 10.9. The minimum Gasteiger partial charge on any atom is -0.491 e. The SMILES string of the molecule is CCCCCCCCOC(=O)CNC(=O)Oc1ncc(C(=O)OCCCCCC)cc1OC. The van der Waals surface area contributed by atoms with Gasteiger partial charge in [-0.2, -0.15) is 0 Å². The molecule has 0 atom stereocenters. The van der Waals surface area contributed by atoms with Crippen LogP contribution in [0.1, 0.15) is 88.4 Å². The van der Waals surface area contributed by atoms with E-state index in [9.17, 15) is 14.4 Å². The molecule has 9 heteroatoms. The van der Waals surface area contributed by atoms with Gasteiger partial charge in [0, 0.05) is 12.3 Å². The van der Waals surface area contributed by atoms with Crippen LogP contribution < -0.4 is 14.8 Å². The van der Waals surface area contributed by atoms with Crippen molar-refractivity contribution in [3.63, 3.8) is 0 Å². The zero-order chi connectivity index (χ0) is 24.3. The van der Waals surface area contributed by atoms with Gasteiger partial charge >= 0.3 is 18.0 Å². The monoisotopic (exact) mass is 466 g/mol. The summed E-state index contributed by atoms with van der Waals surface area (Å²) < 4.78 is 20.5. The summed E-state index contributed by atoms with van der Waals surface area (Å²) in [6.45, 7) is 4.61. The fourth-order valence-electron chi connectivity index (χ4n) is 2.93. The smallest absolute Gasteiger partial charge is 0.414 e. The molecule has 1 amide bonds. The van der Waals surface area contributed by atoms with Gasteiger partial charge in [0.15, 0.2) is 5.75 Å². The Morgan fingerprint density at radius 1 is 0.879 bits per heavy atom. The first kappa shape index (κ1) is 28.2. The average molecular weight is 467 g/mol. The molecule has 1 aromatic heterocycles. The number of nitrogens with one attached hydrogen (secondary N) is 1. The third kappa shape index (κ3) is 12.7. The summed E-state index contributed by atoms with van der Waals surface area (Å²) in [5.41, 5.74) is 0.188. The van der Waals surface area contributed by atoms with E-state index >= 15 is 0 Å². The summed E-state index contributed by atoms with van der Waals surface area (Å²) in [7, 11) is 1.36. The molecule has 0 fully saturated rings. The molecule has 0 spiro atoms. The van der Waals surface area contributed by atoms with E-state index in [4.69, 9.17) is 18.9 Å². The molecule has 1 heterocycles. The highest BCUT2D eigenvalue weighted by molar-refractivity contribution is 5.89. The lowest BCUT2D eigenvalue weighted by Crippen LogP contribution is -2.33. The molecule has 1 N–H and O–H groups in total. The Kier molecular flexibility index (Phi) is 15.1. The second-order valence-corrected chi connectivity index (χ2v) is 7.66. The highest BCUT2D eigenvalue weighted by atomic mass is 16.6. The van der Waals surface area contributed by atoms with Crippen LogP contribution in [0.3, 0.4) is 0 Å². The summed E-state index contributed by atoms with van der Waals surface area (Å²) in [5.74, 6) is -1.11. The largest absolute Gasteiger partial charge is 0.491 e. The van der Waals surface area contributed by atoms with E-state index in [1.165, 1.54) is 38.6 Å². The van der Waals surface area contributed by atoms with Crippen molar-refractivity contribution in [2.45, 2.75) is 78.1 Å². The maximum Gasteiger partial charge on any atom is 0.414 e. The average Bonchev–Trinajstić information content (AvgIpc) is 2.82. The molecule has 0 aliphatic carbocycles. The van der Waals surface area contributed by atoms with Crippen LogP contribution in [0, 0.1) is 0 Å². The highest BCUT2D eigenvalue weighted by Gasteiger charge is 2.17. The fraction of sp³-hybridized carbons (Fsp3) is 0.667. The Labute approximate surface area is 196 Å². The third-order valence-corrected chi connectivity index (χ3v) is 4.83. The van der Waals surface area contributed by atoms with Crippen molar-refractivity contribution < 1.29 is 33.3 Å². The number of nitrogens with zero attached hydrogens (tertiary/aromatic N) is 1. The van der Waals surface area contributed by atoms with E-state index in [2.05, 4.69) is 24.1 Å². The molecular formula is C24H38N2O7. The predicted molar refractivity (Wildman–Crippen MR) is 124 cm³/mol. The van der Waals surface area contributed by atoms with Gasteiger partial charge in [-0.3, -0.25) is 4.79 Å². The lowest BCUT2D eigenvalue weighted by Gasteiger charge is -2.11. The van der Waals surface area contributed by atoms with Crippen molar-refractivity contribution in [2.75, 3.05) is 26.9 Å².